The summed E-state index contributed by atoms with van der Waals surface area (Å²) in [6, 6.07) is 13.2. The van der Waals surface area contributed by atoms with Crippen molar-refractivity contribution in [2.24, 2.45) is 0 Å². The van der Waals surface area contributed by atoms with Crippen LogP contribution in [0.3, 0.4) is 0 Å². The molecule has 0 saturated carbocycles. The molecule has 0 radical (unpaired) electrons. The minimum atomic E-state index is -0.564. The van der Waals surface area contributed by atoms with E-state index in [0.717, 1.165) is 10.6 Å². The lowest BCUT2D eigenvalue weighted by atomic mass is 10.2. The molecule has 2 rings (SSSR count). The first kappa shape index (κ1) is 14.5. The molecule has 0 saturated heterocycles. The maximum Gasteiger partial charge on any atom is 0.0991 e. The fourth-order valence-electron chi connectivity index (χ4n) is 1.65. The Morgan fingerprint density at radius 3 is 2.75 bits per heavy atom. The number of rotatable bonds is 7. The van der Waals surface area contributed by atoms with Crippen LogP contribution in [-0.2, 0) is 11.3 Å². The summed E-state index contributed by atoms with van der Waals surface area (Å²) in [4.78, 5) is 1.15. The SMILES string of the molecule is N#Cc1ccc(NCC(O)COCc2cccs2)cc1. The Hall–Kier alpha value is -1.87. The molecule has 0 bridgehead atoms. The highest BCUT2D eigenvalue weighted by Gasteiger charge is 2.04. The maximum atomic E-state index is 9.80. The van der Waals surface area contributed by atoms with Crippen LogP contribution in [0.4, 0.5) is 5.69 Å². The van der Waals surface area contributed by atoms with Gasteiger partial charge < -0.3 is 15.2 Å². The van der Waals surface area contributed by atoms with Crippen molar-refractivity contribution < 1.29 is 9.84 Å². The van der Waals surface area contributed by atoms with E-state index in [1.807, 2.05) is 29.6 Å². The Balaban J connectivity index is 1.66. The van der Waals surface area contributed by atoms with E-state index in [4.69, 9.17) is 10.00 Å². The van der Waals surface area contributed by atoms with Crippen LogP contribution in [0.5, 0.6) is 0 Å². The average Bonchev–Trinajstić information content (AvgIpc) is 2.99. The first-order valence-electron chi connectivity index (χ1n) is 6.30. The predicted molar refractivity (Wildman–Crippen MR) is 79.6 cm³/mol. The molecule has 0 spiro atoms. The van der Waals surface area contributed by atoms with Gasteiger partial charge in [-0.15, -0.1) is 11.3 Å². The standard InChI is InChI=1S/C15H16N2O2S/c16-8-12-3-5-13(6-4-12)17-9-14(18)10-19-11-15-2-1-7-20-15/h1-7,14,17-18H,9-11H2. The lowest BCUT2D eigenvalue weighted by molar-refractivity contribution is 0.0359. The molecule has 2 aromatic rings. The number of hydrogen-bond donors (Lipinski definition) is 2. The van der Waals surface area contributed by atoms with Gasteiger partial charge in [0.2, 0.25) is 0 Å². The average molecular weight is 288 g/mol. The number of thiophene rings is 1. The molecule has 0 aliphatic rings. The molecule has 1 unspecified atom stereocenters. The first-order chi connectivity index (χ1) is 9.78. The van der Waals surface area contributed by atoms with E-state index in [1.54, 1.807) is 23.5 Å². The smallest absolute Gasteiger partial charge is 0.0991 e. The van der Waals surface area contributed by atoms with Gasteiger partial charge in [-0.05, 0) is 35.7 Å². The number of hydrogen-bond acceptors (Lipinski definition) is 5. The summed E-state index contributed by atoms with van der Waals surface area (Å²) in [5, 5.41) is 23.6. The second-order valence-corrected chi connectivity index (χ2v) is 5.35. The molecule has 5 heteroatoms. The van der Waals surface area contributed by atoms with E-state index in [-0.39, 0.29) is 0 Å². The number of nitriles is 1. The van der Waals surface area contributed by atoms with Crippen molar-refractivity contribution in [2.45, 2.75) is 12.7 Å². The van der Waals surface area contributed by atoms with E-state index < -0.39 is 6.10 Å². The molecule has 20 heavy (non-hydrogen) atoms. The second-order valence-electron chi connectivity index (χ2n) is 4.32. The van der Waals surface area contributed by atoms with Gasteiger partial charge in [0, 0.05) is 17.1 Å². The van der Waals surface area contributed by atoms with Crippen molar-refractivity contribution in [3.05, 3.63) is 52.2 Å². The molecule has 1 aromatic heterocycles. The highest BCUT2D eigenvalue weighted by Crippen LogP contribution is 2.10. The molecule has 0 aliphatic heterocycles. The normalized spacial score (nSPS) is 11.8. The van der Waals surface area contributed by atoms with E-state index in [9.17, 15) is 5.11 Å². The Bertz CT molecular complexity index is 546. The van der Waals surface area contributed by atoms with Crippen molar-refractivity contribution in [3.63, 3.8) is 0 Å². The number of aliphatic hydroxyl groups is 1. The third kappa shape index (κ3) is 4.67. The van der Waals surface area contributed by atoms with Gasteiger partial charge in [0.05, 0.1) is 31.0 Å². The molecule has 1 heterocycles. The van der Waals surface area contributed by atoms with Gasteiger partial charge in [-0.2, -0.15) is 5.26 Å². The van der Waals surface area contributed by atoms with Crippen LogP contribution in [0.1, 0.15) is 10.4 Å². The van der Waals surface area contributed by atoms with Gasteiger partial charge in [0.1, 0.15) is 0 Å². The largest absolute Gasteiger partial charge is 0.389 e. The van der Waals surface area contributed by atoms with Crippen molar-refractivity contribution in [1.29, 1.82) is 5.26 Å². The molecule has 0 amide bonds. The van der Waals surface area contributed by atoms with Crippen molar-refractivity contribution in [3.8, 4) is 6.07 Å². The molecule has 4 nitrogen and oxygen atoms in total. The highest BCUT2D eigenvalue weighted by molar-refractivity contribution is 7.09. The molecule has 1 aromatic carbocycles. The summed E-state index contributed by atoms with van der Waals surface area (Å²) < 4.78 is 5.44. The molecule has 104 valence electrons. The second kappa shape index (κ2) is 7.65. The lowest BCUT2D eigenvalue weighted by Crippen LogP contribution is -2.24. The molecular weight excluding hydrogens is 272 g/mol. The van der Waals surface area contributed by atoms with E-state index in [2.05, 4.69) is 11.4 Å². The number of nitrogens with one attached hydrogen (secondary N) is 1. The molecule has 0 aliphatic carbocycles. The maximum absolute atomic E-state index is 9.80. The van der Waals surface area contributed by atoms with Gasteiger partial charge in [0.25, 0.3) is 0 Å². The summed E-state index contributed by atoms with van der Waals surface area (Å²) in [5.74, 6) is 0. The molecule has 1 atom stereocenters. The topological polar surface area (TPSA) is 65.3 Å². The monoisotopic (exact) mass is 288 g/mol. The Labute approximate surface area is 122 Å². The third-order valence-electron chi connectivity index (χ3n) is 2.69. The van der Waals surface area contributed by atoms with Gasteiger partial charge >= 0.3 is 0 Å². The number of anilines is 1. The summed E-state index contributed by atoms with van der Waals surface area (Å²) in [6.07, 6.45) is -0.564. The van der Waals surface area contributed by atoms with Gasteiger partial charge in [-0.3, -0.25) is 0 Å². The van der Waals surface area contributed by atoms with Gasteiger partial charge in [-0.25, -0.2) is 0 Å². The van der Waals surface area contributed by atoms with Crippen LogP contribution in [0, 0.1) is 11.3 Å². The quantitative estimate of drug-likeness (QED) is 0.822. The van der Waals surface area contributed by atoms with Gasteiger partial charge in [-0.1, -0.05) is 6.07 Å². The minimum Gasteiger partial charge on any atom is -0.389 e. The fourth-order valence-corrected chi connectivity index (χ4v) is 2.29. The van der Waals surface area contributed by atoms with E-state index in [0.29, 0.717) is 25.3 Å². The summed E-state index contributed by atoms with van der Waals surface area (Å²) in [6.45, 7) is 1.24. The van der Waals surface area contributed by atoms with Crippen molar-refractivity contribution in [1.82, 2.24) is 0 Å². The van der Waals surface area contributed by atoms with Crippen LogP contribution < -0.4 is 5.32 Å². The van der Waals surface area contributed by atoms with Crippen LogP contribution >= 0.6 is 11.3 Å². The third-order valence-corrected chi connectivity index (χ3v) is 3.54. The molecule has 2 N–H and O–H groups in total. The van der Waals surface area contributed by atoms with Crippen LogP contribution in [0.2, 0.25) is 0 Å². The van der Waals surface area contributed by atoms with Crippen molar-refractivity contribution in [2.75, 3.05) is 18.5 Å². The number of nitrogens with zero attached hydrogens (tertiary/aromatic N) is 1. The van der Waals surface area contributed by atoms with Crippen LogP contribution in [0.15, 0.2) is 41.8 Å². The minimum absolute atomic E-state index is 0.293. The summed E-state index contributed by atoms with van der Waals surface area (Å²) in [7, 11) is 0. The zero-order valence-electron chi connectivity index (χ0n) is 11.0. The summed E-state index contributed by atoms with van der Waals surface area (Å²) >= 11 is 1.64. The molecular formula is C15H16N2O2S. The predicted octanol–water partition coefficient (Wildman–Crippen LogP) is 2.61. The van der Waals surface area contributed by atoms with Crippen molar-refractivity contribution >= 4 is 17.0 Å². The summed E-state index contributed by atoms with van der Waals surface area (Å²) in [5.41, 5.74) is 1.50. The molecule has 0 fully saturated rings. The van der Waals surface area contributed by atoms with Crippen LogP contribution in [0.25, 0.3) is 0 Å². The Kier molecular flexibility index (Phi) is 5.56. The highest BCUT2D eigenvalue weighted by atomic mass is 32.1. The van der Waals surface area contributed by atoms with Gasteiger partial charge in [0.15, 0.2) is 0 Å². The van der Waals surface area contributed by atoms with E-state index in [1.165, 1.54) is 0 Å². The number of ether oxygens (including phenoxy) is 1. The Morgan fingerprint density at radius 2 is 2.10 bits per heavy atom. The fraction of sp³-hybridized carbons (Fsp3) is 0.267. The Morgan fingerprint density at radius 1 is 1.30 bits per heavy atom. The number of aliphatic hydroxyl groups excluding tert-OH is 1. The first-order valence-corrected chi connectivity index (χ1v) is 7.18. The zero-order chi connectivity index (χ0) is 14.2. The zero-order valence-corrected chi connectivity index (χ0v) is 11.8. The number of benzene rings is 1. The van der Waals surface area contributed by atoms with E-state index >= 15 is 0 Å². The lowest BCUT2D eigenvalue weighted by Gasteiger charge is -2.13. The van der Waals surface area contributed by atoms with Crippen LogP contribution in [-0.4, -0.2) is 24.4 Å².